The van der Waals surface area contributed by atoms with Crippen molar-refractivity contribution in [1.82, 2.24) is 0 Å². The van der Waals surface area contributed by atoms with Crippen LogP contribution in [0.4, 0.5) is 0 Å². The van der Waals surface area contributed by atoms with Crippen molar-refractivity contribution in [3.05, 3.63) is 11.6 Å². The maximum absolute atomic E-state index is 10.4. The summed E-state index contributed by atoms with van der Waals surface area (Å²) in [7, 11) is -1.88. The highest BCUT2D eigenvalue weighted by Crippen LogP contribution is 2.46. The first kappa shape index (κ1) is 18.1. The Morgan fingerprint density at radius 1 is 1.27 bits per heavy atom. The largest absolute Gasteiger partial charge is 0.411 e. The Bertz CT molecular complexity index is 436. The Kier molecular flexibility index (Phi) is 4.96. The van der Waals surface area contributed by atoms with Crippen molar-refractivity contribution in [3.63, 3.8) is 0 Å². The van der Waals surface area contributed by atoms with Crippen LogP contribution in [0.1, 0.15) is 41.0 Å². The van der Waals surface area contributed by atoms with Gasteiger partial charge in [0.05, 0.1) is 18.3 Å². The van der Waals surface area contributed by atoms with Crippen LogP contribution >= 0.6 is 0 Å². The van der Waals surface area contributed by atoms with Crippen LogP contribution in [0.2, 0.25) is 18.1 Å². The van der Waals surface area contributed by atoms with Gasteiger partial charge in [0, 0.05) is 5.92 Å². The summed E-state index contributed by atoms with van der Waals surface area (Å²) >= 11 is 0. The zero-order valence-corrected chi connectivity index (χ0v) is 16.0. The number of epoxide rings is 1. The van der Waals surface area contributed by atoms with E-state index in [0.29, 0.717) is 6.42 Å². The van der Waals surface area contributed by atoms with E-state index < -0.39 is 20.5 Å². The van der Waals surface area contributed by atoms with Gasteiger partial charge >= 0.3 is 0 Å². The molecule has 128 valence electrons. The highest BCUT2D eigenvalue weighted by molar-refractivity contribution is 6.74. The second-order valence-electron chi connectivity index (χ2n) is 8.61. The maximum Gasteiger partial charge on any atom is 0.192 e. The van der Waals surface area contributed by atoms with Gasteiger partial charge in [-0.1, -0.05) is 32.4 Å². The molecule has 1 heterocycles. The highest BCUT2D eigenvalue weighted by Gasteiger charge is 2.59. The molecular formula is C17H32O4Si. The van der Waals surface area contributed by atoms with E-state index in [2.05, 4.69) is 33.9 Å². The predicted octanol–water partition coefficient (Wildman–Crippen LogP) is 2.85. The summed E-state index contributed by atoms with van der Waals surface area (Å²) in [6.07, 6.45) is 1.04. The first-order chi connectivity index (χ1) is 9.94. The van der Waals surface area contributed by atoms with Gasteiger partial charge in [0.15, 0.2) is 8.32 Å². The fourth-order valence-corrected chi connectivity index (χ4v) is 4.31. The molecule has 22 heavy (non-hydrogen) atoms. The molecule has 2 fully saturated rings. The average Bonchev–Trinajstić information content (AvgIpc) is 3.10. The fraction of sp³-hybridized carbons (Fsp3) is 0.882. The normalized spacial score (nSPS) is 36.5. The molecule has 0 bridgehead atoms. The summed E-state index contributed by atoms with van der Waals surface area (Å²) in [5.41, 5.74) is 1.06. The van der Waals surface area contributed by atoms with E-state index in [1.165, 1.54) is 0 Å². The van der Waals surface area contributed by atoms with E-state index in [-0.39, 0.29) is 29.3 Å². The number of fused-ring (bicyclic) bond motifs is 1. The Morgan fingerprint density at radius 3 is 2.36 bits per heavy atom. The molecule has 2 rings (SSSR count). The van der Waals surface area contributed by atoms with Crippen LogP contribution in [0, 0.1) is 5.92 Å². The van der Waals surface area contributed by atoms with Crippen molar-refractivity contribution in [2.75, 3.05) is 0 Å². The number of ether oxygens (including phenoxy) is 1. The Hall–Kier alpha value is -0.203. The van der Waals surface area contributed by atoms with Crippen LogP contribution in [0.5, 0.6) is 0 Å². The summed E-state index contributed by atoms with van der Waals surface area (Å²) in [5, 5.41) is 20.9. The molecule has 0 aromatic rings. The van der Waals surface area contributed by atoms with Crippen molar-refractivity contribution in [2.45, 2.75) is 89.7 Å². The van der Waals surface area contributed by atoms with Crippen LogP contribution in [0.15, 0.2) is 11.6 Å². The van der Waals surface area contributed by atoms with Crippen LogP contribution < -0.4 is 0 Å². The second-order valence-corrected chi connectivity index (χ2v) is 13.4. The number of aliphatic hydroxyl groups excluding tert-OH is 2. The van der Waals surface area contributed by atoms with Crippen LogP contribution in [0.25, 0.3) is 0 Å². The van der Waals surface area contributed by atoms with E-state index >= 15 is 0 Å². The topological polar surface area (TPSA) is 62.2 Å². The van der Waals surface area contributed by atoms with Gasteiger partial charge in [-0.3, -0.25) is 0 Å². The molecule has 1 aliphatic carbocycles. The minimum Gasteiger partial charge on any atom is -0.411 e. The Morgan fingerprint density at radius 2 is 1.86 bits per heavy atom. The molecule has 0 radical (unpaired) electrons. The van der Waals surface area contributed by atoms with Crippen molar-refractivity contribution in [3.8, 4) is 0 Å². The van der Waals surface area contributed by atoms with Gasteiger partial charge in [0.2, 0.25) is 0 Å². The van der Waals surface area contributed by atoms with E-state index in [9.17, 15) is 10.2 Å². The Labute approximate surface area is 135 Å². The third kappa shape index (κ3) is 3.65. The van der Waals surface area contributed by atoms with Crippen LogP contribution in [-0.2, 0) is 9.16 Å². The van der Waals surface area contributed by atoms with Crippen LogP contribution in [-0.4, -0.2) is 49.1 Å². The van der Waals surface area contributed by atoms with Gasteiger partial charge in [0.1, 0.15) is 12.2 Å². The van der Waals surface area contributed by atoms with Gasteiger partial charge < -0.3 is 19.4 Å². The van der Waals surface area contributed by atoms with Gasteiger partial charge in [-0.05, 0) is 38.4 Å². The minimum absolute atomic E-state index is 0.000668. The van der Waals surface area contributed by atoms with Crippen molar-refractivity contribution >= 4 is 8.32 Å². The Balaban J connectivity index is 2.10. The fourth-order valence-electron chi connectivity index (χ4n) is 2.97. The molecule has 0 aromatic heterocycles. The summed E-state index contributed by atoms with van der Waals surface area (Å²) in [6.45, 7) is 15.0. The number of aliphatic hydroxyl groups is 2. The van der Waals surface area contributed by atoms with Gasteiger partial charge in [0.25, 0.3) is 0 Å². The maximum atomic E-state index is 10.4. The molecule has 0 spiro atoms. The molecule has 2 aliphatic rings. The smallest absolute Gasteiger partial charge is 0.192 e. The quantitative estimate of drug-likeness (QED) is 0.473. The molecule has 1 aliphatic heterocycles. The van der Waals surface area contributed by atoms with E-state index in [0.717, 1.165) is 5.57 Å². The predicted molar refractivity (Wildman–Crippen MR) is 90.3 cm³/mol. The molecule has 1 saturated heterocycles. The number of allylic oxidation sites excluding steroid dienone is 1. The third-order valence-electron chi connectivity index (χ3n) is 5.40. The number of hydrogen-bond acceptors (Lipinski definition) is 4. The summed E-state index contributed by atoms with van der Waals surface area (Å²) in [4.78, 5) is 0. The number of hydrogen-bond donors (Lipinski definition) is 2. The zero-order valence-electron chi connectivity index (χ0n) is 15.0. The zero-order chi connectivity index (χ0) is 16.9. The lowest BCUT2D eigenvalue weighted by atomic mass is 9.81. The first-order valence-electron chi connectivity index (χ1n) is 8.28. The summed E-state index contributed by atoms with van der Waals surface area (Å²) < 4.78 is 12.2. The molecule has 0 aromatic carbocycles. The number of rotatable bonds is 4. The molecule has 0 amide bonds. The van der Waals surface area contributed by atoms with Gasteiger partial charge in [-0.25, -0.2) is 0 Å². The van der Waals surface area contributed by atoms with Gasteiger partial charge in [-0.15, -0.1) is 0 Å². The molecule has 6 atom stereocenters. The summed E-state index contributed by atoms with van der Waals surface area (Å²) in [6, 6.07) is 0. The second kappa shape index (κ2) is 6.02. The van der Waals surface area contributed by atoms with E-state index in [1.54, 1.807) is 0 Å². The van der Waals surface area contributed by atoms with E-state index in [4.69, 9.17) is 9.16 Å². The van der Waals surface area contributed by atoms with Crippen molar-refractivity contribution in [2.24, 2.45) is 5.92 Å². The molecule has 1 unspecified atom stereocenters. The highest BCUT2D eigenvalue weighted by atomic mass is 28.4. The first-order valence-corrected chi connectivity index (χ1v) is 11.2. The molecule has 5 heteroatoms. The van der Waals surface area contributed by atoms with Crippen molar-refractivity contribution in [1.29, 1.82) is 0 Å². The lowest BCUT2D eigenvalue weighted by Gasteiger charge is -2.41. The minimum atomic E-state index is -1.88. The standard InChI is InChI=1S/C17H32O4Si/c1-10(2)8-12(18)11-9-13(15-16(20-15)14(11)19)21-22(6,7)17(3,4)5/h8,11-16,18-19H,9H2,1-7H3/t11-,12?,13+,14-,15-,16+/m1/s1. The monoisotopic (exact) mass is 328 g/mol. The summed E-state index contributed by atoms with van der Waals surface area (Å²) in [5.74, 6) is -0.214. The van der Waals surface area contributed by atoms with Crippen molar-refractivity contribution < 1.29 is 19.4 Å². The third-order valence-corrected chi connectivity index (χ3v) is 9.91. The van der Waals surface area contributed by atoms with E-state index in [1.807, 2.05) is 19.9 Å². The molecule has 2 N–H and O–H groups in total. The molecule has 4 nitrogen and oxygen atoms in total. The SMILES string of the molecule is CC(C)=CC(O)[C@H]1C[C@H](O[Si](C)(C)C(C)(C)C)[C@H]2O[C@H]2[C@@H]1O. The average molecular weight is 329 g/mol. The van der Waals surface area contributed by atoms with Gasteiger partial charge in [-0.2, -0.15) is 0 Å². The lowest BCUT2D eigenvalue weighted by Crippen LogP contribution is -2.51. The van der Waals surface area contributed by atoms with Crippen LogP contribution in [0.3, 0.4) is 0 Å². The molecule has 1 saturated carbocycles. The molecular weight excluding hydrogens is 296 g/mol. The lowest BCUT2D eigenvalue weighted by molar-refractivity contribution is -0.0157.